The number of nitrogens with zero attached hydrogens (tertiary/aromatic N) is 1. The van der Waals surface area contributed by atoms with E-state index in [2.05, 4.69) is 16.7 Å². The summed E-state index contributed by atoms with van der Waals surface area (Å²) >= 11 is 0. The molecule has 22 heavy (non-hydrogen) atoms. The molecular weight excluding hydrogens is 282 g/mol. The number of hydrogen-bond donors (Lipinski definition) is 2. The molecule has 0 spiro atoms. The number of nitriles is 1. The van der Waals surface area contributed by atoms with Gasteiger partial charge in [0.2, 0.25) is 0 Å². The van der Waals surface area contributed by atoms with E-state index in [0.29, 0.717) is 23.5 Å². The molecule has 0 aliphatic heterocycles. The van der Waals surface area contributed by atoms with Crippen molar-refractivity contribution in [3.05, 3.63) is 23.8 Å². The normalized spacial score (nSPS) is 12.0. The summed E-state index contributed by atoms with van der Waals surface area (Å²) in [5.74, 6) is 0.586. The minimum atomic E-state index is -0.530. The van der Waals surface area contributed by atoms with Crippen LogP contribution < -0.4 is 15.4 Å². The monoisotopic (exact) mass is 305 g/mol. The minimum absolute atomic E-state index is 0.101. The first kappa shape index (κ1) is 17.6. The summed E-state index contributed by atoms with van der Waals surface area (Å²) in [5.41, 5.74) is 0.576. The van der Waals surface area contributed by atoms with E-state index in [1.165, 1.54) is 0 Å². The Labute approximate surface area is 131 Å². The molecule has 1 aromatic carbocycles. The lowest BCUT2D eigenvalue weighted by Gasteiger charge is -2.22. The van der Waals surface area contributed by atoms with Crippen LogP contribution in [0.15, 0.2) is 18.2 Å². The van der Waals surface area contributed by atoms with Crippen LogP contribution in [-0.2, 0) is 4.74 Å². The number of ether oxygens (including phenoxy) is 2. The Kier molecular flexibility index (Phi) is 6.05. The zero-order valence-electron chi connectivity index (χ0n) is 13.7. The molecule has 2 N–H and O–H groups in total. The highest BCUT2D eigenvalue weighted by atomic mass is 16.6. The van der Waals surface area contributed by atoms with Crippen LogP contribution in [0, 0.1) is 11.3 Å². The van der Waals surface area contributed by atoms with E-state index < -0.39 is 11.7 Å². The van der Waals surface area contributed by atoms with Crippen molar-refractivity contribution in [2.24, 2.45) is 0 Å². The summed E-state index contributed by atoms with van der Waals surface area (Å²) < 4.78 is 10.4. The number of rotatable bonds is 5. The van der Waals surface area contributed by atoms with E-state index >= 15 is 0 Å². The third kappa shape index (κ3) is 5.52. The van der Waals surface area contributed by atoms with Crippen LogP contribution in [0.2, 0.25) is 0 Å². The first-order chi connectivity index (χ1) is 10.3. The third-order valence-electron chi connectivity index (χ3n) is 2.71. The van der Waals surface area contributed by atoms with Crippen LogP contribution in [0.4, 0.5) is 10.5 Å². The SMILES string of the molecule is COc1cccc(C#N)c1NC(C)CNC(=O)OC(C)(C)C. The molecule has 1 rings (SSSR count). The lowest BCUT2D eigenvalue weighted by Crippen LogP contribution is -2.38. The number of methoxy groups -OCH3 is 1. The average molecular weight is 305 g/mol. The summed E-state index contributed by atoms with van der Waals surface area (Å²) in [6, 6.07) is 7.25. The number of hydrogen-bond acceptors (Lipinski definition) is 5. The van der Waals surface area contributed by atoms with Gasteiger partial charge in [-0.1, -0.05) is 6.07 Å². The Morgan fingerprint density at radius 1 is 1.41 bits per heavy atom. The van der Waals surface area contributed by atoms with E-state index in [9.17, 15) is 4.79 Å². The molecule has 0 saturated heterocycles. The van der Waals surface area contributed by atoms with Crippen molar-refractivity contribution in [2.75, 3.05) is 19.0 Å². The quantitative estimate of drug-likeness (QED) is 0.874. The fourth-order valence-corrected chi connectivity index (χ4v) is 1.79. The molecule has 0 aliphatic rings. The molecule has 0 aliphatic carbocycles. The van der Waals surface area contributed by atoms with Crippen molar-refractivity contribution in [1.82, 2.24) is 5.32 Å². The van der Waals surface area contributed by atoms with Gasteiger partial charge < -0.3 is 20.1 Å². The maximum atomic E-state index is 11.6. The smallest absolute Gasteiger partial charge is 0.407 e. The van der Waals surface area contributed by atoms with Gasteiger partial charge in [0.1, 0.15) is 17.4 Å². The summed E-state index contributed by atoms with van der Waals surface area (Å²) in [5, 5.41) is 15.0. The Balaban J connectivity index is 2.65. The van der Waals surface area contributed by atoms with Gasteiger partial charge >= 0.3 is 6.09 Å². The predicted octanol–water partition coefficient (Wildman–Crippen LogP) is 2.89. The number of nitrogens with one attached hydrogen (secondary N) is 2. The molecule has 0 bridgehead atoms. The van der Waals surface area contributed by atoms with E-state index in [-0.39, 0.29) is 6.04 Å². The fourth-order valence-electron chi connectivity index (χ4n) is 1.79. The second-order valence-electron chi connectivity index (χ2n) is 5.92. The van der Waals surface area contributed by atoms with Gasteiger partial charge in [0.25, 0.3) is 0 Å². The largest absolute Gasteiger partial charge is 0.495 e. The molecule has 0 aromatic heterocycles. The summed E-state index contributed by atoms with van der Waals surface area (Å²) in [4.78, 5) is 11.6. The van der Waals surface area contributed by atoms with Gasteiger partial charge in [0, 0.05) is 12.6 Å². The molecule has 6 heteroatoms. The number of amides is 1. The van der Waals surface area contributed by atoms with E-state index in [1.54, 1.807) is 25.3 Å². The van der Waals surface area contributed by atoms with Crippen LogP contribution in [0.5, 0.6) is 5.75 Å². The molecular formula is C16H23N3O3. The molecule has 1 unspecified atom stereocenters. The van der Waals surface area contributed by atoms with Gasteiger partial charge in [-0.05, 0) is 39.8 Å². The molecule has 1 aromatic rings. The Bertz CT molecular complexity index is 559. The number of para-hydroxylation sites is 1. The molecule has 0 fully saturated rings. The van der Waals surface area contributed by atoms with E-state index in [0.717, 1.165) is 0 Å². The number of alkyl carbamates (subject to hydrolysis) is 1. The topological polar surface area (TPSA) is 83.4 Å². The minimum Gasteiger partial charge on any atom is -0.495 e. The Morgan fingerprint density at radius 3 is 2.64 bits per heavy atom. The average Bonchev–Trinajstić information content (AvgIpc) is 2.43. The summed E-state index contributed by atoms with van der Waals surface area (Å²) in [7, 11) is 1.55. The lowest BCUT2D eigenvalue weighted by atomic mass is 10.1. The molecule has 1 amide bonds. The van der Waals surface area contributed by atoms with Crippen molar-refractivity contribution < 1.29 is 14.3 Å². The second-order valence-corrected chi connectivity index (χ2v) is 5.92. The standard InChI is InChI=1S/C16H23N3O3/c1-11(10-18-15(20)22-16(2,3)4)19-14-12(9-17)7-6-8-13(14)21-5/h6-8,11,19H,10H2,1-5H3,(H,18,20). The van der Waals surface area contributed by atoms with Crippen molar-refractivity contribution in [2.45, 2.75) is 39.3 Å². The van der Waals surface area contributed by atoms with Crippen LogP contribution in [-0.4, -0.2) is 31.4 Å². The number of anilines is 1. The van der Waals surface area contributed by atoms with Crippen molar-refractivity contribution in [3.63, 3.8) is 0 Å². The lowest BCUT2D eigenvalue weighted by molar-refractivity contribution is 0.0526. The highest BCUT2D eigenvalue weighted by Gasteiger charge is 2.17. The van der Waals surface area contributed by atoms with Gasteiger partial charge in [-0.3, -0.25) is 0 Å². The molecule has 6 nitrogen and oxygen atoms in total. The Hall–Kier alpha value is -2.42. The molecule has 0 heterocycles. The van der Waals surface area contributed by atoms with Crippen molar-refractivity contribution >= 4 is 11.8 Å². The van der Waals surface area contributed by atoms with E-state index in [4.69, 9.17) is 14.7 Å². The van der Waals surface area contributed by atoms with Crippen molar-refractivity contribution in [3.8, 4) is 11.8 Å². The van der Waals surface area contributed by atoms with Crippen LogP contribution in [0.25, 0.3) is 0 Å². The maximum Gasteiger partial charge on any atom is 0.407 e. The van der Waals surface area contributed by atoms with Gasteiger partial charge in [-0.25, -0.2) is 4.79 Å². The highest BCUT2D eigenvalue weighted by Crippen LogP contribution is 2.28. The summed E-state index contributed by atoms with van der Waals surface area (Å²) in [6.07, 6.45) is -0.471. The number of benzene rings is 1. The predicted molar refractivity (Wildman–Crippen MR) is 85.0 cm³/mol. The first-order valence-electron chi connectivity index (χ1n) is 7.07. The highest BCUT2D eigenvalue weighted by molar-refractivity contribution is 5.68. The van der Waals surface area contributed by atoms with Gasteiger partial charge in [-0.2, -0.15) is 5.26 Å². The molecule has 1 atom stereocenters. The number of carbonyl (C=O) groups excluding carboxylic acids is 1. The summed E-state index contributed by atoms with van der Waals surface area (Å²) in [6.45, 7) is 7.68. The molecule has 0 saturated carbocycles. The maximum absolute atomic E-state index is 11.6. The molecule has 120 valence electrons. The third-order valence-corrected chi connectivity index (χ3v) is 2.71. The first-order valence-corrected chi connectivity index (χ1v) is 7.07. The van der Waals surface area contributed by atoms with E-state index in [1.807, 2.05) is 27.7 Å². The van der Waals surface area contributed by atoms with Crippen LogP contribution in [0.1, 0.15) is 33.3 Å². The molecule has 0 radical (unpaired) electrons. The van der Waals surface area contributed by atoms with Crippen LogP contribution >= 0.6 is 0 Å². The van der Waals surface area contributed by atoms with Gasteiger partial charge in [-0.15, -0.1) is 0 Å². The van der Waals surface area contributed by atoms with Crippen molar-refractivity contribution in [1.29, 1.82) is 5.26 Å². The van der Waals surface area contributed by atoms with Gasteiger partial charge in [0.05, 0.1) is 18.4 Å². The zero-order chi connectivity index (χ0) is 16.8. The van der Waals surface area contributed by atoms with Crippen LogP contribution in [0.3, 0.4) is 0 Å². The second kappa shape index (κ2) is 7.55. The fraction of sp³-hybridized carbons (Fsp3) is 0.500. The Morgan fingerprint density at radius 2 is 2.09 bits per heavy atom. The number of carbonyl (C=O) groups is 1. The zero-order valence-corrected chi connectivity index (χ0v) is 13.7. The van der Waals surface area contributed by atoms with Gasteiger partial charge in [0.15, 0.2) is 0 Å².